The normalized spacial score (nSPS) is 14.7. The Morgan fingerprint density at radius 2 is 1.82 bits per heavy atom. The first-order valence-electron chi connectivity index (χ1n) is 7.52. The Bertz CT molecular complexity index is 668. The Kier molecular flexibility index (Phi) is 4.32. The third-order valence-electron chi connectivity index (χ3n) is 3.77. The van der Waals surface area contributed by atoms with Crippen molar-refractivity contribution >= 4 is 17.4 Å². The first-order chi connectivity index (χ1) is 10.7. The average Bonchev–Trinajstić information content (AvgIpc) is 2.58. The molecule has 0 aliphatic carbocycles. The maximum Gasteiger partial charge on any atom is 0.274 e. The van der Waals surface area contributed by atoms with E-state index in [1.807, 2.05) is 12.1 Å². The number of hydrogen-bond donors (Lipinski definition) is 1. The van der Waals surface area contributed by atoms with Crippen LogP contribution in [0.25, 0.3) is 0 Å². The summed E-state index contributed by atoms with van der Waals surface area (Å²) in [4.78, 5) is 18.8. The van der Waals surface area contributed by atoms with Crippen LogP contribution < -0.4 is 10.2 Å². The van der Waals surface area contributed by atoms with Crippen LogP contribution in [0.2, 0.25) is 0 Å². The van der Waals surface area contributed by atoms with Crippen molar-refractivity contribution in [3.05, 3.63) is 54.0 Å². The van der Waals surface area contributed by atoms with Gasteiger partial charge < -0.3 is 10.2 Å². The SMILES string of the molecule is O=C(Nc1ccccc1F)c1cccc(N2CCCCC2)n1. The molecule has 0 radical (unpaired) electrons. The van der Waals surface area contributed by atoms with Crippen LogP contribution in [0.3, 0.4) is 0 Å². The highest BCUT2D eigenvalue weighted by molar-refractivity contribution is 6.03. The molecule has 1 aromatic carbocycles. The highest BCUT2D eigenvalue weighted by Crippen LogP contribution is 2.19. The molecule has 1 aliphatic rings. The fraction of sp³-hybridized carbons (Fsp3) is 0.294. The van der Waals surface area contributed by atoms with Gasteiger partial charge in [-0.1, -0.05) is 18.2 Å². The Morgan fingerprint density at radius 3 is 2.59 bits per heavy atom. The van der Waals surface area contributed by atoms with Crippen LogP contribution in [-0.2, 0) is 0 Å². The molecule has 0 unspecified atom stereocenters. The number of benzene rings is 1. The van der Waals surface area contributed by atoms with Gasteiger partial charge in [-0.25, -0.2) is 9.37 Å². The summed E-state index contributed by atoms with van der Waals surface area (Å²) in [6.45, 7) is 1.93. The van der Waals surface area contributed by atoms with E-state index >= 15 is 0 Å². The van der Waals surface area contributed by atoms with Crippen molar-refractivity contribution in [2.45, 2.75) is 19.3 Å². The molecule has 2 aromatic rings. The number of pyridine rings is 1. The zero-order chi connectivity index (χ0) is 15.4. The second-order valence-electron chi connectivity index (χ2n) is 5.36. The molecule has 1 saturated heterocycles. The summed E-state index contributed by atoms with van der Waals surface area (Å²) in [6.07, 6.45) is 3.53. The van der Waals surface area contributed by atoms with Crippen LogP contribution >= 0.6 is 0 Å². The van der Waals surface area contributed by atoms with Gasteiger partial charge in [-0.15, -0.1) is 0 Å². The summed E-state index contributed by atoms with van der Waals surface area (Å²) in [5, 5.41) is 2.56. The number of aromatic nitrogens is 1. The van der Waals surface area contributed by atoms with Crippen molar-refractivity contribution in [3.63, 3.8) is 0 Å². The molecule has 114 valence electrons. The summed E-state index contributed by atoms with van der Waals surface area (Å²) in [7, 11) is 0. The number of nitrogens with one attached hydrogen (secondary N) is 1. The molecule has 5 heteroatoms. The number of nitrogens with zero attached hydrogens (tertiary/aromatic N) is 2. The molecule has 22 heavy (non-hydrogen) atoms. The van der Waals surface area contributed by atoms with Crippen molar-refractivity contribution in [2.75, 3.05) is 23.3 Å². The zero-order valence-corrected chi connectivity index (χ0v) is 12.3. The van der Waals surface area contributed by atoms with Crippen LogP contribution in [0.4, 0.5) is 15.9 Å². The highest BCUT2D eigenvalue weighted by atomic mass is 19.1. The standard InChI is InChI=1S/C17H18FN3O/c18-13-7-2-3-8-14(13)20-17(22)15-9-6-10-16(19-15)21-11-4-1-5-12-21/h2-3,6-10H,1,4-5,11-12H2,(H,20,22). The maximum atomic E-state index is 13.6. The van der Waals surface area contributed by atoms with Crippen LogP contribution in [0.5, 0.6) is 0 Å². The Balaban J connectivity index is 1.76. The van der Waals surface area contributed by atoms with Crippen molar-refractivity contribution in [3.8, 4) is 0 Å². The van der Waals surface area contributed by atoms with Crippen LogP contribution in [0.1, 0.15) is 29.8 Å². The molecule has 1 aromatic heterocycles. The first kappa shape index (κ1) is 14.5. The topological polar surface area (TPSA) is 45.2 Å². The van der Waals surface area contributed by atoms with E-state index in [-0.39, 0.29) is 5.69 Å². The molecule has 1 amide bonds. The molecule has 0 saturated carbocycles. The van der Waals surface area contributed by atoms with Gasteiger partial charge in [0.2, 0.25) is 0 Å². The third-order valence-corrected chi connectivity index (χ3v) is 3.77. The van der Waals surface area contributed by atoms with Crippen molar-refractivity contribution in [1.82, 2.24) is 4.98 Å². The van der Waals surface area contributed by atoms with E-state index < -0.39 is 11.7 Å². The van der Waals surface area contributed by atoms with E-state index in [0.29, 0.717) is 5.69 Å². The maximum absolute atomic E-state index is 13.6. The van der Waals surface area contributed by atoms with E-state index in [1.54, 1.807) is 18.2 Å². The van der Waals surface area contributed by atoms with Gasteiger partial charge >= 0.3 is 0 Å². The van der Waals surface area contributed by atoms with Gasteiger partial charge in [0.15, 0.2) is 0 Å². The van der Waals surface area contributed by atoms with Gasteiger partial charge in [-0.2, -0.15) is 0 Å². The summed E-state index contributed by atoms with van der Waals surface area (Å²) in [5.41, 5.74) is 0.462. The minimum atomic E-state index is -0.456. The average molecular weight is 299 g/mol. The fourth-order valence-electron chi connectivity index (χ4n) is 2.60. The Morgan fingerprint density at radius 1 is 1.05 bits per heavy atom. The summed E-state index contributed by atoms with van der Waals surface area (Å²) >= 11 is 0. The number of para-hydroxylation sites is 1. The number of halogens is 1. The van der Waals surface area contributed by atoms with Gasteiger partial charge in [0, 0.05) is 13.1 Å². The molecular formula is C17H18FN3O. The predicted molar refractivity (Wildman–Crippen MR) is 84.7 cm³/mol. The molecule has 0 bridgehead atoms. The van der Waals surface area contributed by atoms with Crippen molar-refractivity contribution in [1.29, 1.82) is 0 Å². The minimum Gasteiger partial charge on any atom is -0.357 e. The predicted octanol–water partition coefficient (Wildman–Crippen LogP) is 3.46. The second kappa shape index (κ2) is 6.56. The molecule has 4 nitrogen and oxygen atoms in total. The Hall–Kier alpha value is -2.43. The lowest BCUT2D eigenvalue weighted by Crippen LogP contribution is -2.30. The summed E-state index contributed by atoms with van der Waals surface area (Å²) in [6, 6.07) is 11.5. The van der Waals surface area contributed by atoms with Crippen LogP contribution in [0, 0.1) is 5.82 Å². The number of carbonyl (C=O) groups excluding carboxylic acids is 1. The quantitative estimate of drug-likeness (QED) is 0.944. The fourth-order valence-corrected chi connectivity index (χ4v) is 2.60. The van der Waals surface area contributed by atoms with Gasteiger partial charge in [0.25, 0.3) is 5.91 Å². The highest BCUT2D eigenvalue weighted by Gasteiger charge is 2.15. The molecular weight excluding hydrogens is 281 g/mol. The smallest absolute Gasteiger partial charge is 0.274 e. The lowest BCUT2D eigenvalue weighted by molar-refractivity contribution is 0.102. The van der Waals surface area contributed by atoms with Crippen molar-refractivity contribution < 1.29 is 9.18 Å². The summed E-state index contributed by atoms with van der Waals surface area (Å²) < 4.78 is 13.6. The number of anilines is 2. The zero-order valence-electron chi connectivity index (χ0n) is 12.3. The summed E-state index contributed by atoms with van der Waals surface area (Å²) in [5.74, 6) is -0.0483. The van der Waals surface area contributed by atoms with Gasteiger partial charge in [-0.05, 0) is 43.5 Å². The molecule has 1 aliphatic heterocycles. The molecule has 0 spiro atoms. The first-order valence-corrected chi connectivity index (χ1v) is 7.52. The van der Waals surface area contributed by atoms with Crippen molar-refractivity contribution in [2.24, 2.45) is 0 Å². The van der Waals surface area contributed by atoms with Gasteiger partial charge in [0.1, 0.15) is 17.3 Å². The van der Waals surface area contributed by atoms with E-state index in [9.17, 15) is 9.18 Å². The molecule has 3 rings (SSSR count). The number of carbonyl (C=O) groups is 1. The van der Waals surface area contributed by atoms with Crippen LogP contribution in [-0.4, -0.2) is 24.0 Å². The third kappa shape index (κ3) is 3.24. The lowest BCUT2D eigenvalue weighted by atomic mass is 10.1. The number of hydrogen-bond acceptors (Lipinski definition) is 3. The van der Waals surface area contributed by atoms with Crippen LogP contribution in [0.15, 0.2) is 42.5 Å². The number of rotatable bonds is 3. The van der Waals surface area contributed by atoms with E-state index in [2.05, 4.69) is 15.2 Å². The van der Waals surface area contributed by atoms with E-state index in [0.717, 1.165) is 31.7 Å². The largest absolute Gasteiger partial charge is 0.357 e. The molecule has 1 N–H and O–H groups in total. The van der Waals surface area contributed by atoms with Gasteiger partial charge in [0.05, 0.1) is 5.69 Å². The minimum absolute atomic E-state index is 0.165. The van der Waals surface area contributed by atoms with E-state index in [4.69, 9.17) is 0 Å². The Labute approximate surface area is 129 Å². The lowest BCUT2D eigenvalue weighted by Gasteiger charge is -2.27. The van der Waals surface area contributed by atoms with Gasteiger partial charge in [-0.3, -0.25) is 4.79 Å². The second-order valence-corrected chi connectivity index (χ2v) is 5.36. The molecule has 1 fully saturated rings. The van der Waals surface area contributed by atoms with E-state index in [1.165, 1.54) is 18.6 Å². The number of piperidine rings is 1. The molecule has 2 heterocycles. The molecule has 0 atom stereocenters. The monoisotopic (exact) mass is 299 g/mol. The number of amides is 1.